The van der Waals surface area contributed by atoms with Crippen LogP contribution in [0, 0.1) is 0 Å². The van der Waals surface area contributed by atoms with E-state index in [-0.39, 0.29) is 17.4 Å². The van der Waals surface area contributed by atoms with Gasteiger partial charge in [-0.15, -0.1) is 0 Å². The summed E-state index contributed by atoms with van der Waals surface area (Å²) in [7, 11) is 0. The van der Waals surface area contributed by atoms with E-state index in [1.807, 2.05) is 17.0 Å². The Morgan fingerprint density at radius 2 is 1.71 bits per heavy atom. The molecule has 0 bridgehead atoms. The number of carbonyl (C=O) groups is 1. The van der Waals surface area contributed by atoms with Crippen molar-refractivity contribution in [2.45, 2.75) is 43.2 Å². The summed E-state index contributed by atoms with van der Waals surface area (Å²) in [6, 6.07) is 14.1. The summed E-state index contributed by atoms with van der Waals surface area (Å²) in [5.41, 5.74) is 2.84. The number of benzene rings is 1. The van der Waals surface area contributed by atoms with Crippen LogP contribution in [-0.2, 0) is 5.41 Å². The zero-order valence-corrected chi connectivity index (χ0v) is 16.1. The van der Waals surface area contributed by atoms with Crippen molar-refractivity contribution in [1.82, 2.24) is 14.8 Å². The maximum atomic E-state index is 12.8. The molecule has 2 saturated heterocycles. The third kappa shape index (κ3) is 2.68. The number of hydrogen-bond donors (Lipinski definition) is 1. The molecule has 2 atom stereocenters. The SMILES string of the molecule is O=C(c1ccccn1)N1CCC2(CC1)c1ccccc1[C@@H](N1CCCC1)[C@@H]2O. The number of fused-ring (bicyclic) bond motifs is 2. The van der Waals surface area contributed by atoms with E-state index < -0.39 is 6.10 Å². The lowest BCUT2D eigenvalue weighted by Gasteiger charge is -2.43. The largest absolute Gasteiger partial charge is 0.390 e. The Labute approximate surface area is 166 Å². The van der Waals surface area contributed by atoms with Crippen LogP contribution in [0.3, 0.4) is 0 Å². The summed E-state index contributed by atoms with van der Waals surface area (Å²) in [6.45, 7) is 3.45. The molecule has 1 aliphatic carbocycles. The molecule has 5 nitrogen and oxygen atoms in total. The smallest absolute Gasteiger partial charge is 0.272 e. The average molecular weight is 377 g/mol. The molecule has 3 heterocycles. The highest BCUT2D eigenvalue weighted by Gasteiger charge is 2.54. The van der Waals surface area contributed by atoms with Crippen molar-refractivity contribution in [2.75, 3.05) is 26.2 Å². The van der Waals surface area contributed by atoms with Gasteiger partial charge in [0.2, 0.25) is 0 Å². The molecule has 5 heteroatoms. The van der Waals surface area contributed by atoms with Gasteiger partial charge >= 0.3 is 0 Å². The third-order valence-electron chi connectivity index (χ3n) is 7.04. The number of piperidine rings is 1. The summed E-state index contributed by atoms with van der Waals surface area (Å²) >= 11 is 0. The van der Waals surface area contributed by atoms with Gasteiger partial charge in [-0.3, -0.25) is 14.7 Å². The van der Waals surface area contributed by atoms with Crippen molar-refractivity contribution >= 4 is 5.91 Å². The quantitative estimate of drug-likeness (QED) is 0.874. The van der Waals surface area contributed by atoms with Gasteiger partial charge in [-0.05, 0) is 62.0 Å². The van der Waals surface area contributed by atoms with E-state index >= 15 is 0 Å². The fourth-order valence-corrected chi connectivity index (χ4v) is 5.58. The lowest BCUT2D eigenvalue weighted by atomic mass is 9.72. The Hall–Kier alpha value is -2.24. The van der Waals surface area contributed by atoms with E-state index in [1.54, 1.807) is 12.3 Å². The van der Waals surface area contributed by atoms with Crippen LogP contribution in [0.4, 0.5) is 0 Å². The van der Waals surface area contributed by atoms with Gasteiger partial charge in [-0.25, -0.2) is 0 Å². The van der Waals surface area contributed by atoms with Crippen LogP contribution in [-0.4, -0.2) is 58.1 Å². The van der Waals surface area contributed by atoms with Gasteiger partial charge in [0.25, 0.3) is 5.91 Å². The minimum absolute atomic E-state index is 0.00712. The number of amides is 1. The average Bonchev–Trinajstić information content (AvgIpc) is 3.35. The maximum Gasteiger partial charge on any atom is 0.272 e. The summed E-state index contributed by atoms with van der Waals surface area (Å²) in [6.07, 6.45) is 5.28. The molecule has 28 heavy (non-hydrogen) atoms. The second-order valence-corrected chi connectivity index (χ2v) is 8.38. The van der Waals surface area contributed by atoms with E-state index in [2.05, 4.69) is 34.1 Å². The summed E-state index contributed by atoms with van der Waals surface area (Å²) in [5.74, 6) is -0.00712. The molecule has 3 aliphatic rings. The van der Waals surface area contributed by atoms with E-state index in [9.17, 15) is 9.90 Å². The number of pyridine rings is 1. The van der Waals surface area contributed by atoms with Gasteiger partial charge in [0.15, 0.2) is 0 Å². The first-order valence-electron chi connectivity index (χ1n) is 10.4. The second kappa shape index (κ2) is 6.98. The van der Waals surface area contributed by atoms with Crippen LogP contribution in [0.5, 0.6) is 0 Å². The molecular weight excluding hydrogens is 350 g/mol. The van der Waals surface area contributed by atoms with Crippen LogP contribution in [0.25, 0.3) is 0 Å². The molecule has 146 valence electrons. The van der Waals surface area contributed by atoms with Crippen molar-refractivity contribution in [3.8, 4) is 0 Å². The molecule has 2 aromatic rings. The standard InChI is InChI=1S/C23H27N3O2/c27-21-20(25-13-5-6-14-25)17-7-1-2-8-18(17)23(21)10-15-26(16-11-23)22(28)19-9-3-4-12-24-19/h1-4,7-9,12,20-21,27H,5-6,10-11,13-16H2/t20-,21+/m1/s1. The molecule has 0 saturated carbocycles. The van der Waals surface area contributed by atoms with Gasteiger partial charge in [-0.2, -0.15) is 0 Å². The van der Waals surface area contributed by atoms with Crippen LogP contribution in [0.15, 0.2) is 48.7 Å². The van der Waals surface area contributed by atoms with Crippen molar-refractivity contribution < 1.29 is 9.90 Å². The second-order valence-electron chi connectivity index (χ2n) is 8.38. The normalized spacial score (nSPS) is 26.5. The number of aromatic nitrogens is 1. The Morgan fingerprint density at radius 1 is 1.00 bits per heavy atom. The Kier molecular flexibility index (Phi) is 4.44. The number of rotatable bonds is 2. The van der Waals surface area contributed by atoms with Gasteiger partial charge in [0.05, 0.1) is 12.1 Å². The number of likely N-dealkylation sites (tertiary alicyclic amines) is 2. The summed E-state index contributed by atoms with van der Waals surface area (Å²) < 4.78 is 0. The highest BCUT2D eigenvalue weighted by Crippen LogP contribution is 2.53. The number of aliphatic hydroxyl groups excluding tert-OH is 1. The Morgan fingerprint density at radius 3 is 2.43 bits per heavy atom. The van der Waals surface area contributed by atoms with E-state index in [0.717, 1.165) is 25.9 Å². The Bertz CT molecular complexity index is 855. The van der Waals surface area contributed by atoms with Gasteiger partial charge < -0.3 is 10.0 Å². The van der Waals surface area contributed by atoms with Crippen molar-refractivity contribution in [3.05, 3.63) is 65.5 Å². The molecule has 5 rings (SSSR count). The predicted octanol–water partition coefficient (Wildman–Crippen LogP) is 2.77. The monoisotopic (exact) mass is 377 g/mol. The maximum absolute atomic E-state index is 12.8. The molecule has 1 amide bonds. The minimum Gasteiger partial charge on any atom is -0.390 e. The van der Waals surface area contributed by atoms with Crippen LogP contribution in [0.2, 0.25) is 0 Å². The first-order chi connectivity index (χ1) is 13.7. The zero-order valence-electron chi connectivity index (χ0n) is 16.1. The number of hydrogen-bond acceptors (Lipinski definition) is 4. The fraction of sp³-hybridized carbons (Fsp3) is 0.478. The van der Waals surface area contributed by atoms with Gasteiger partial charge in [-0.1, -0.05) is 30.3 Å². The zero-order chi connectivity index (χ0) is 19.1. The van der Waals surface area contributed by atoms with Crippen molar-refractivity contribution in [1.29, 1.82) is 0 Å². The lowest BCUT2D eigenvalue weighted by Crippen LogP contribution is -2.51. The van der Waals surface area contributed by atoms with E-state index in [4.69, 9.17) is 0 Å². The van der Waals surface area contributed by atoms with E-state index in [1.165, 1.54) is 24.0 Å². The molecule has 1 N–H and O–H groups in total. The predicted molar refractivity (Wildman–Crippen MR) is 107 cm³/mol. The third-order valence-corrected chi connectivity index (χ3v) is 7.04. The van der Waals surface area contributed by atoms with Crippen LogP contribution < -0.4 is 0 Å². The molecule has 2 aliphatic heterocycles. The molecule has 1 aromatic heterocycles. The first-order valence-corrected chi connectivity index (χ1v) is 10.4. The number of aliphatic hydroxyl groups is 1. The first kappa shape index (κ1) is 17.8. The minimum atomic E-state index is -0.407. The topological polar surface area (TPSA) is 56.7 Å². The summed E-state index contributed by atoms with van der Waals surface area (Å²) in [4.78, 5) is 21.4. The molecule has 1 spiro atoms. The lowest BCUT2D eigenvalue weighted by molar-refractivity contribution is -0.00783. The van der Waals surface area contributed by atoms with Crippen LogP contribution in [0.1, 0.15) is 53.3 Å². The molecular formula is C23H27N3O2. The number of carbonyl (C=O) groups excluding carboxylic acids is 1. The van der Waals surface area contributed by atoms with Crippen molar-refractivity contribution in [2.24, 2.45) is 0 Å². The molecule has 2 fully saturated rings. The molecule has 0 unspecified atom stereocenters. The number of nitrogens with zero attached hydrogens (tertiary/aromatic N) is 3. The summed E-state index contributed by atoms with van der Waals surface area (Å²) in [5, 5.41) is 11.5. The van der Waals surface area contributed by atoms with Crippen molar-refractivity contribution in [3.63, 3.8) is 0 Å². The van der Waals surface area contributed by atoms with Crippen LogP contribution >= 0.6 is 0 Å². The van der Waals surface area contributed by atoms with Gasteiger partial charge in [0.1, 0.15) is 5.69 Å². The van der Waals surface area contributed by atoms with Gasteiger partial charge in [0, 0.05) is 24.7 Å². The Balaban J connectivity index is 1.41. The highest BCUT2D eigenvalue weighted by molar-refractivity contribution is 5.92. The van der Waals surface area contributed by atoms with E-state index in [0.29, 0.717) is 18.8 Å². The molecule has 0 radical (unpaired) electrons. The molecule has 1 aromatic carbocycles. The highest BCUT2D eigenvalue weighted by atomic mass is 16.3. The fourth-order valence-electron chi connectivity index (χ4n) is 5.58.